The van der Waals surface area contributed by atoms with Crippen LogP contribution in [0.3, 0.4) is 0 Å². The highest BCUT2D eigenvalue weighted by Crippen LogP contribution is 2.17. The second-order valence-corrected chi connectivity index (χ2v) is 5.83. The second kappa shape index (κ2) is 9.17. The molecule has 3 amide bonds. The van der Waals surface area contributed by atoms with Gasteiger partial charge in [0.2, 0.25) is 0 Å². The number of hydrogen-bond donors (Lipinski definition) is 2. The third-order valence-corrected chi connectivity index (χ3v) is 4.03. The number of amides is 3. The molecule has 1 aliphatic rings. The molecule has 7 heteroatoms. The van der Waals surface area contributed by atoms with Crippen molar-refractivity contribution in [2.75, 3.05) is 31.6 Å². The van der Waals surface area contributed by atoms with Crippen molar-refractivity contribution >= 4 is 17.6 Å². The third kappa shape index (κ3) is 5.29. The Kier molecular flexibility index (Phi) is 6.94. The average Bonchev–Trinajstić information content (AvgIpc) is 2.61. The van der Waals surface area contributed by atoms with Crippen LogP contribution in [0.1, 0.15) is 30.1 Å². The normalized spacial score (nSPS) is 15.4. The largest absolute Gasteiger partial charge is 0.378 e. The molecule has 6 nitrogen and oxygen atoms in total. The highest BCUT2D eigenvalue weighted by Gasteiger charge is 2.21. The first-order valence-corrected chi connectivity index (χ1v) is 8.40. The minimum Gasteiger partial charge on any atom is -0.378 e. The van der Waals surface area contributed by atoms with Gasteiger partial charge in [0.25, 0.3) is 5.91 Å². The number of anilines is 1. The van der Waals surface area contributed by atoms with E-state index in [1.165, 1.54) is 12.1 Å². The van der Waals surface area contributed by atoms with Crippen LogP contribution in [0.25, 0.3) is 0 Å². The van der Waals surface area contributed by atoms with E-state index < -0.39 is 11.8 Å². The van der Waals surface area contributed by atoms with Gasteiger partial charge >= 0.3 is 6.03 Å². The number of rotatable bonds is 6. The maximum Gasteiger partial charge on any atom is 0.319 e. The monoisotopic (exact) mass is 349 g/mol. The SMILES string of the molecule is C=CCC(CC)NC(=O)Nc1ccc(C(=O)N2CCOCC2)c(F)c1. The summed E-state index contributed by atoms with van der Waals surface area (Å²) in [6.45, 7) is 7.41. The molecule has 136 valence electrons. The molecular weight excluding hydrogens is 325 g/mol. The molecule has 1 aliphatic heterocycles. The van der Waals surface area contributed by atoms with E-state index in [0.717, 1.165) is 12.5 Å². The van der Waals surface area contributed by atoms with Crippen LogP contribution in [0.15, 0.2) is 30.9 Å². The van der Waals surface area contributed by atoms with Crippen molar-refractivity contribution in [3.05, 3.63) is 42.2 Å². The van der Waals surface area contributed by atoms with Crippen molar-refractivity contribution in [1.29, 1.82) is 0 Å². The number of nitrogens with one attached hydrogen (secondary N) is 2. The molecule has 1 saturated heterocycles. The summed E-state index contributed by atoms with van der Waals surface area (Å²) in [6, 6.07) is 3.63. The zero-order valence-corrected chi connectivity index (χ0v) is 14.4. The molecule has 1 fully saturated rings. The molecule has 0 radical (unpaired) electrons. The smallest absolute Gasteiger partial charge is 0.319 e. The molecule has 0 saturated carbocycles. The van der Waals surface area contributed by atoms with Crippen LogP contribution in [0, 0.1) is 5.82 Å². The Bertz CT molecular complexity index is 630. The zero-order chi connectivity index (χ0) is 18.2. The topological polar surface area (TPSA) is 70.7 Å². The molecule has 2 rings (SSSR count). The Labute approximate surface area is 147 Å². The van der Waals surface area contributed by atoms with Gasteiger partial charge in [-0.2, -0.15) is 0 Å². The fraction of sp³-hybridized carbons (Fsp3) is 0.444. The molecule has 1 unspecified atom stereocenters. The predicted molar refractivity (Wildman–Crippen MR) is 94.2 cm³/mol. The summed E-state index contributed by atoms with van der Waals surface area (Å²) < 4.78 is 19.5. The Morgan fingerprint density at radius 3 is 2.72 bits per heavy atom. The van der Waals surface area contributed by atoms with E-state index in [9.17, 15) is 14.0 Å². The molecule has 1 heterocycles. The van der Waals surface area contributed by atoms with Gasteiger partial charge in [0, 0.05) is 24.8 Å². The maximum absolute atomic E-state index is 14.3. The van der Waals surface area contributed by atoms with Crippen LogP contribution in [0.4, 0.5) is 14.9 Å². The van der Waals surface area contributed by atoms with Gasteiger partial charge in [-0.15, -0.1) is 6.58 Å². The Morgan fingerprint density at radius 2 is 2.12 bits per heavy atom. The number of ether oxygens (including phenoxy) is 1. The maximum atomic E-state index is 14.3. The van der Waals surface area contributed by atoms with E-state index in [1.807, 2.05) is 6.92 Å². The van der Waals surface area contributed by atoms with Crippen LogP contribution in [0.2, 0.25) is 0 Å². The fourth-order valence-electron chi connectivity index (χ4n) is 2.58. The molecule has 0 spiro atoms. The highest BCUT2D eigenvalue weighted by molar-refractivity contribution is 5.96. The number of halogens is 1. The first kappa shape index (κ1) is 18.9. The van der Waals surface area contributed by atoms with E-state index >= 15 is 0 Å². The summed E-state index contributed by atoms with van der Waals surface area (Å²) in [5.74, 6) is -1.03. The summed E-state index contributed by atoms with van der Waals surface area (Å²) in [5.41, 5.74) is 0.285. The third-order valence-electron chi connectivity index (χ3n) is 4.03. The Hall–Kier alpha value is -2.41. The number of benzene rings is 1. The van der Waals surface area contributed by atoms with Gasteiger partial charge in [0.15, 0.2) is 0 Å². The number of hydrogen-bond acceptors (Lipinski definition) is 3. The summed E-state index contributed by atoms with van der Waals surface area (Å²) in [6.07, 6.45) is 3.16. The standard InChI is InChI=1S/C18H24FN3O3/c1-3-5-13(4-2)20-18(24)21-14-6-7-15(16(19)12-14)17(23)22-8-10-25-11-9-22/h3,6-7,12-13H,1,4-5,8-11H2,2H3,(H2,20,21,24). The van der Waals surface area contributed by atoms with Crippen molar-refractivity contribution in [2.45, 2.75) is 25.8 Å². The molecule has 1 aromatic rings. The van der Waals surface area contributed by atoms with E-state index in [2.05, 4.69) is 17.2 Å². The van der Waals surface area contributed by atoms with Gasteiger partial charge in [-0.05, 0) is 31.0 Å². The van der Waals surface area contributed by atoms with Crippen molar-refractivity contribution in [3.63, 3.8) is 0 Å². The van der Waals surface area contributed by atoms with Crippen molar-refractivity contribution in [1.82, 2.24) is 10.2 Å². The molecule has 2 N–H and O–H groups in total. The van der Waals surface area contributed by atoms with Crippen molar-refractivity contribution < 1.29 is 18.7 Å². The molecule has 0 aliphatic carbocycles. The van der Waals surface area contributed by atoms with E-state index in [-0.39, 0.29) is 17.5 Å². The fourth-order valence-corrected chi connectivity index (χ4v) is 2.58. The molecule has 25 heavy (non-hydrogen) atoms. The minimum absolute atomic E-state index is 0.00838. The summed E-state index contributed by atoms with van der Waals surface area (Å²) in [7, 11) is 0. The number of carbonyl (C=O) groups excluding carboxylic acids is 2. The number of carbonyl (C=O) groups is 2. The van der Waals surface area contributed by atoms with E-state index in [4.69, 9.17) is 4.74 Å². The van der Waals surface area contributed by atoms with Gasteiger partial charge in [-0.25, -0.2) is 9.18 Å². The van der Waals surface area contributed by atoms with E-state index in [0.29, 0.717) is 38.4 Å². The lowest BCUT2D eigenvalue weighted by atomic mass is 10.1. The van der Waals surface area contributed by atoms with Gasteiger partial charge < -0.3 is 20.3 Å². The van der Waals surface area contributed by atoms with Crippen molar-refractivity contribution in [2.24, 2.45) is 0 Å². The molecular formula is C18H24FN3O3. The first-order chi connectivity index (χ1) is 12.0. The van der Waals surface area contributed by atoms with Gasteiger partial charge in [0.1, 0.15) is 5.82 Å². The zero-order valence-electron chi connectivity index (χ0n) is 14.4. The van der Waals surface area contributed by atoms with Crippen LogP contribution in [-0.2, 0) is 4.74 Å². The minimum atomic E-state index is -0.660. The van der Waals surface area contributed by atoms with Gasteiger partial charge in [-0.3, -0.25) is 4.79 Å². The van der Waals surface area contributed by atoms with Crippen LogP contribution < -0.4 is 10.6 Å². The van der Waals surface area contributed by atoms with Crippen LogP contribution in [0.5, 0.6) is 0 Å². The highest BCUT2D eigenvalue weighted by atomic mass is 19.1. The summed E-state index contributed by atoms with van der Waals surface area (Å²) in [5, 5.41) is 5.37. The Morgan fingerprint density at radius 1 is 1.40 bits per heavy atom. The quantitative estimate of drug-likeness (QED) is 0.776. The van der Waals surface area contributed by atoms with Crippen LogP contribution in [-0.4, -0.2) is 49.2 Å². The molecule has 0 bridgehead atoms. The number of urea groups is 1. The average molecular weight is 349 g/mol. The lowest BCUT2D eigenvalue weighted by molar-refractivity contribution is 0.0300. The van der Waals surface area contributed by atoms with Gasteiger partial charge in [-0.1, -0.05) is 13.0 Å². The Balaban J connectivity index is 1.99. The van der Waals surface area contributed by atoms with Crippen LogP contribution >= 0.6 is 0 Å². The lowest BCUT2D eigenvalue weighted by Gasteiger charge is -2.27. The first-order valence-electron chi connectivity index (χ1n) is 8.40. The molecule has 1 aromatic carbocycles. The van der Waals surface area contributed by atoms with Gasteiger partial charge in [0.05, 0.1) is 18.8 Å². The number of nitrogens with zero attached hydrogens (tertiary/aromatic N) is 1. The molecule has 0 aromatic heterocycles. The van der Waals surface area contributed by atoms with E-state index in [1.54, 1.807) is 11.0 Å². The number of morpholine rings is 1. The second-order valence-electron chi connectivity index (χ2n) is 5.83. The summed E-state index contributed by atoms with van der Waals surface area (Å²) >= 11 is 0. The summed E-state index contributed by atoms with van der Waals surface area (Å²) in [4.78, 5) is 25.9. The predicted octanol–water partition coefficient (Wildman–Crippen LogP) is 2.77. The van der Waals surface area contributed by atoms with Crippen molar-refractivity contribution in [3.8, 4) is 0 Å². The molecule has 1 atom stereocenters. The lowest BCUT2D eigenvalue weighted by Crippen LogP contribution is -2.41.